The first kappa shape index (κ1) is 11.5. The molecule has 2 rings (SSSR count). The molecule has 0 aliphatic rings. The fraction of sp³-hybridized carbons (Fsp3) is 0.250. The van der Waals surface area contributed by atoms with Crippen LogP contribution in [0.5, 0.6) is 0 Å². The molecular formula is C12H12BrNO2. The monoisotopic (exact) mass is 281 g/mol. The van der Waals surface area contributed by atoms with Crippen LogP contribution in [-0.2, 0) is 0 Å². The highest BCUT2D eigenvalue weighted by atomic mass is 79.9. The Morgan fingerprint density at radius 1 is 1.19 bits per heavy atom. The van der Waals surface area contributed by atoms with Gasteiger partial charge in [-0.25, -0.2) is 0 Å². The van der Waals surface area contributed by atoms with Crippen LogP contribution in [0.25, 0.3) is 10.9 Å². The molecule has 0 spiro atoms. The molecule has 4 heteroatoms. The SMILES string of the molecule is OC(CBr)C(O)c1ccnc2ccccc12. The lowest BCUT2D eigenvalue weighted by atomic mass is 10.0. The molecule has 1 aromatic carbocycles. The summed E-state index contributed by atoms with van der Waals surface area (Å²) in [5.74, 6) is 0. The van der Waals surface area contributed by atoms with Crippen molar-refractivity contribution in [1.82, 2.24) is 4.98 Å². The number of benzene rings is 1. The fourth-order valence-corrected chi connectivity index (χ4v) is 2.02. The number of halogens is 1. The lowest BCUT2D eigenvalue weighted by Crippen LogP contribution is -2.19. The molecule has 2 atom stereocenters. The van der Waals surface area contributed by atoms with Gasteiger partial charge in [0, 0.05) is 16.9 Å². The van der Waals surface area contributed by atoms with Crippen molar-refractivity contribution in [3.05, 3.63) is 42.1 Å². The van der Waals surface area contributed by atoms with Gasteiger partial charge in [-0.3, -0.25) is 4.98 Å². The first-order valence-corrected chi connectivity index (χ1v) is 6.12. The molecule has 0 bridgehead atoms. The number of fused-ring (bicyclic) bond motifs is 1. The number of rotatable bonds is 3. The molecule has 0 aliphatic heterocycles. The average molecular weight is 282 g/mol. The van der Waals surface area contributed by atoms with Crippen LogP contribution >= 0.6 is 15.9 Å². The van der Waals surface area contributed by atoms with Crippen molar-refractivity contribution in [3.8, 4) is 0 Å². The molecule has 0 saturated carbocycles. The molecule has 16 heavy (non-hydrogen) atoms. The summed E-state index contributed by atoms with van der Waals surface area (Å²) >= 11 is 3.15. The van der Waals surface area contributed by atoms with Crippen LogP contribution in [0.1, 0.15) is 11.7 Å². The predicted octanol–water partition coefficient (Wildman–Crippen LogP) is 2.02. The summed E-state index contributed by atoms with van der Waals surface area (Å²) in [4.78, 5) is 4.20. The molecule has 0 amide bonds. The predicted molar refractivity (Wildman–Crippen MR) is 66.5 cm³/mol. The standard InChI is InChI=1S/C12H12BrNO2/c13-7-11(15)12(16)9-5-6-14-10-4-2-1-3-8(9)10/h1-6,11-12,15-16H,7H2. The van der Waals surface area contributed by atoms with E-state index in [0.29, 0.717) is 10.9 Å². The van der Waals surface area contributed by atoms with Crippen molar-refractivity contribution < 1.29 is 10.2 Å². The summed E-state index contributed by atoms with van der Waals surface area (Å²) in [7, 11) is 0. The Morgan fingerprint density at radius 3 is 2.69 bits per heavy atom. The summed E-state index contributed by atoms with van der Waals surface area (Å²) in [6, 6.07) is 9.29. The third-order valence-corrected chi connectivity index (χ3v) is 3.19. The normalized spacial score (nSPS) is 14.9. The molecule has 0 saturated heterocycles. The number of pyridine rings is 1. The lowest BCUT2D eigenvalue weighted by molar-refractivity contribution is 0.0352. The molecule has 2 unspecified atom stereocenters. The van der Waals surface area contributed by atoms with E-state index in [1.807, 2.05) is 24.3 Å². The minimum Gasteiger partial charge on any atom is -0.389 e. The summed E-state index contributed by atoms with van der Waals surface area (Å²) in [6.07, 6.45) is -0.0694. The minimum atomic E-state index is -0.896. The van der Waals surface area contributed by atoms with Gasteiger partial charge < -0.3 is 10.2 Å². The van der Waals surface area contributed by atoms with Crippen LogP contribution in [-0.4, -0.2) is 26.6 Å². The zero-order valence-corrected chi connectivity index (χ0v) is 10.1. The van der Waals surface area contributed by atoms with E-state index < -0.39 is 12.2 Å². The van der Waals surface area contributed by atoms with Crippen LogP contribution in [0.15, 0.2) is 36.5 Å². The Hall–Kier alpha value is -0.970. The summed E-state index contributed by atoms with van der Waals surface area (Å²) in [5.41, 5.74) is 1.53. The Bertz CT molecular complexity index is 484. The third-order valence-electron chi connectivity index (χ3n) is 2.52. The number of hydrogen-bond donors (Lipinski definition) is 2. The van der Waals surface area contributed by atoms with Gasteiger partial charge in [0.05, 0.1) is 11.6 Å². The highest BCUT2D eigenvalue weighted by Crippen LogP contribution is 2.25. The van der Waals surface area contributed by atoms with Crippen molar-refractivity contribution in [2.75, 3.05) is 5.33 Å². The fourth-order valence-electron chi connectivity index (χ4n) is 1.67. The number of nitrogens with zero attached hydrogens (tertiary/aromatic N) is 1. The first-order chi connectivity index (χ1) is 7.74. The van der Waals surface area contributed by atoms with Crippen molar-refractivity contribution in [1.29, 1.82) is 0 Å². The summed E-state index contributed by atoms with van der Waals surface area (Å²) in [6.45, 7) is 0. The van der Waals surface area contributed by atoms with Gasteiger partial charge in [-0.1, -0.05) is 34.1 Å². The molecule has 1 heterocycles. The Labute approximate surface area is 102 Å². The van der Waals surface area contributed by atoms with E-state index in [-0.39, 0.29) is 0 Å². The van der Waals surface area contributed by atoms with Gasteiger partial charge in [0.1, 0.15) is 6.10 Å². The minimum absolute atomic E-state index is 0.338. The maximum Gasteiger partial charge on any atom is 0.106 e. The van der Waals surface area contributed by atoms with Crippen LogP contribution in [0.4, 0.5) is 0 Å². The van der Waals surface area contributed by atoms with Crippen molar-refractivity contribution in [2.45, 2.75) is 12.2 Å². The first-order valence-electron chi connectivity index (χ1n) is 5.00. The average Bonchev–Trinajstić information content (AvgIpc) is 2.36. The zero-order chi connectivity index (χ0) is 11.5. The third kappa shape index (κ3) is 2.09. The van der Waals surface area contributed by atoms with Crippen LogP contribution in [0, 0.1) is 0 Å². The quantitative estimate of drug-likeness (QED) is 0.847. The van der Waals surface area contributed by atoms with E-state index in [1.54, 1.807) is 12.3 Å². The molecule has 3 nitrogen and oxygen atoms in total. The summed E-state index contributed by atoms with van der Waals surface area (Å²) in [5, 5.41) is 20.8. The second-order valence-electron chi connectivity index (χ2n) is 3.58. The van der Waals surface area contributed by atoms with Crippen molar-refractivity contribution in [2.24, 2.45) is 0 Å². The number of aliphatic hydroxyl groups excluding tert-OH is 2. The van der Waals surface area contributed by atoms with E-state index >= 15 is 0 Å². The van der Waals surface area contributed by atoms with E-state index in [2.05, 4.69) is 20.9 Å². The largest absolute Gasteiger partial charge is 0.389 e. The van der Waals surface area contributed by atoms with Crippen LogP contribution < -0.4 is 0 Å². The number of aromatic nitrogens is 1. The molecule has 1 aromatic heterocycles. The van der Waals surface area contributed by atoms with E-state index in [4.69, 9.17) is 0 Å². The second kappa shape index (κ2) is 4.91. The number of para-hydroxylation sites is 1. The molecule has 0 radical (unpaired) electrons. The van der Waals surface area contributed by atoms with Crippen LogP contribution in [0.2, 0.25) is 0 Å². The van der Waals surface area contributed by atoms with E-state index in [0.717, 1.165) is 10.9 Å². The summed E-state index contributed by atoms with van der Waals surface area (Å²) < 4.78 is 0. The smallest absolute Gasteiger partial charge is 0.106 e. The van der Waals surface area contributed by atoms with Gasteiger partial charge in [-0.2, -0.15) is 0 Å². The number of hydrogen-bond acceptors (Lipinski definition) is 3. The van der Waals surface area contributed by atoms with Crippen molar-refractivity contribution >= 4 is 26.8 Å². The lowest BCUT2D eigenvalue weighted by Gasteiger charge is -2.17. The zero-order valence-electron chi connectivity index (χ0n) is 8.55. The molecule has 0 fully saturated rings. The Morgan fingerprint density at radius 2 is 1.94 bits per heavy atom. The Kier molecular flexibility index (Phi) is 3.53. The van der Waals surface area contributed by atoms with Crippen LogP contribution in [0.3, 0.4) is 0 Å². The second-order valence-corrected chi connectivity index (χ2v) is 4.23. The number of alkyl halides is 1. The molecular weight excluding hydrogens is 270 g/mol. The molecule has 0 aliphatic carbocycles. The number of aliphatic hydroxyl groups is 2. The molecule has 2 aromatic rings. The van der Waals surface area contributed by atoms with Gasteiger partial charge >= 0.3 is 0 Å². The van der Waals surface area contributed by atoms with Gasteiger partial charge in [0.2, 0.25) is 0 Å². The molecule has 84 valence electrons. The molecule has 2 N–H and O–H groups in total. The van der Waals surface area contributed by atoms with Gasteiger partial charge in [-0.15, -0.1) is 0 Å². The van der Waals surface area contributed by atoms with Gasteiger partial charge in [0.15, 0.2) is 0 Å². The van der Waals surface area contributed by atoms with Crippen molar-refractivity contribution in [3.63, 3.8) is 0 Å². The Balaban J connectivity index is 2.52. The highest BCUT2D eigenvalue weighted by molar-refractivity contribution is 9.09. The van der Waals surface area contributed by atoms with Gasteiger partial charge in [0.25, 0.3) is 0 Å². The highest BCUT2D eigenvalue weighted by Gasteiger charge is 2.19. The maximum absolute atomic E-state index is 9.98. The van der Waals surface area contributed by atoms with E-state index in [9.17, 15) is 10.2 Å². The van der Waals surface area contributed by atoms with E-state index in [1.165, 1.54) is 0 Å². The maximum atomic E-state index is 9.98. The van der Waals surface area contributed by atoms with Gasteiger partial charge in [-0.05, 0) is 17.7 Å². The topological polar surface area (TPSA) is 53.4 Å².